The van der Waals surface area contributed by atoms with Gasteiger partial charge in [-0.15, -0.1) is 0 Å². The Morgan fingerprint density at radius 2 is 1.64 bits per heavy atom. The van der Waals surface area contributed by atoms with Crippen LogP contribution in [0.1, 0.15) is 50.0 Å². The number of hydrogen-bond acceptors (Lipinski definition) is 2. The minimum atomic E-state index is -0.194. The van der Waals surface area contributed by atoms with Crippen LogP contribution in [0.2, 0.25) is 0 Å². The van der Waals surface area contributed by atoms with Crippen molar-refractivity contribution in [1.82, 2.24) is 9.80 Å². The monoisotopic (exact) mass is 341 g/mol. The Morgan fingerprint density at radius 3 is 2.20 bits per heavy atom. The molecule has 0 unspecified atom stereocenters. The Balaban J connectivity index is 1.43. The van der Waals surface area contributed by atoms with Crippen molar-refractivity contribution in [2.45, 2.75) is 56.5 Å². The van der Waals surface area contributed by atoms with E-state index in [-0.39, 0.29) is 17.8 Å². The van der Waals surface area contributed by atoms with Gasteiger partial charge >= 0.3 is 6.03 Å². The fourth-order valence-electron chi connectivity index (χ4n) is 4.86. The van der Waals surface area contributed by atoms with Gasteiger partial charge in [-0.2, -0.15) is 5.26 Å². The Kier molecular flexibility index (Phi) is 4.37. The highest BCUT2D eigenvalue weighted by Gasteiger charge is 2.45. The number of nitrogens with zero attached hydrogens (tertiary/aromatic N) is 3. The second-order valence-electron chi connectivity index (χ2n) is 7.69. The molecule has 4 rings (SSSR count). The van der Waals surface area contributed by atoms with Gasteiger partial charge in [-0.05, 0) is 62.1 Å². The van der Waals surface area contributed by atoms with E-state index in [1.54, 1.807) is 0 Å². The molecule has 3 aliphatic rings. The van der Waals surface area contributed by atoms with E-state index >= 15 is 0 Å². The van der Waals surface area contributed by atoms with E-state index in [1.165, 1.54) is 17.7 Å². The Labute approximate surface area is 148 Å². The Hall–Kier alpha value is -2.09. The van der Waals surface area contributed by atoms with E-state index < -0.39 is 0 Å². The van der Waals surface area contributed by atoms with Gasteiger partial charge in [0.2, 0.25) is 0 Å². The highest BCUT2D eigenvalue weighted by molar-refractivity contribution is 5.76. The third kappa shape index (κ3) is 3.10. The number of likely N-dealkylation sites (tertiary alicyclic amines) is 1. The molecule has 0 spiro atoms. The third-order valence-corrected chi connectivity index (χ3v) is 6.24. The zero-order valence-electron chi connectivity index (χ0n) is 14.4. The minimum absolute atomic E-state index is 0.102. The summed E-state index contributed by atoms with van der Waals surface area (Å²) in [5, 5.41) is 9.03. The normalized spacial score (nSPS) is 29.5. The van der Waals surface area contributed by atoms with E-state index in [4.69, 9.17) is 5.26 Å². The van der Waals surface area contributed by atoms with Gasteiger partial charge < -0.3 is 9.80 Å². The van der Waals surface area contributed by atoms with Crippen molar-refractivity contribution in [1.29, 1.82) is 5.26 Å². The summed E-state index contributed by atoms with van der Waals surface area (Å²) in [6.45, 7) is 1.41. The summed E-state index contributed by atoms with van der Waals surface area (Å²) in [7, 11) is 0. The molecule has 132 valence electrons. The fourth-order valence-corrected chi connectivity index (χ4v) is 4.86. The lowest BCUT2D eigenvalue weighted by Crippen LogP contribution is -2.53. The maximum Gasteiger partial charge on any atom is 0.320 e. The first-order valence-electron chi connectivity index (χ1n) is 9.38. The summed E-state index contributed by atoms with van der Waals surface area (Å²) in [6, 6.07) is 9.95. The van der Waals surface area contributed by atoms with Gasteiger partial charge in [-0.3, -0.25) is 0 Å². The van der Waals surface area contributed by atoms with Crippen LogP contribution in [0.15, 0.2) is 24.3 Å². The molecule has 1 aromatic carbocycles. The number of halogens is 1. The third-order valence-electron chi connectivity index (χ3n) is 6.24. The number of carbonyl (C=O) groups is 1. The molecule has 5 heteroatoms. The van der Waals surface area contributed by atoms with E-state index in [1.807, 2.05) is 17.0 Å². The van der Waals surface area contributed by atoms with Crippen molar-refractivity contribution in [3.63, 3.8) is 0 Å². The molecule has 4 nitrogen and oxygen atoms in total. The lowest BCUT2D eigenvalue weighted by molar-refractivity contribution is 0.0959. The largest absolute Gasteiger partial charge is 0.325 e. The number of amides is 2. The van der Waals surface area contributed by atoms with E-state index in [0.717, 1.165) is 38.5 Å². The summed E-state index contributed by atoms with van der Waals surface area (Å²) >= 11 is 0. The molecule has 2 amide bonds. The van der Waals surface area contributed by atoms with Gasteiger partial charge in [-0.25, -0.2) is 9.18 Å². The van der Waals surface area contributed by atoms with Crippen molar-refractivity contribution >= 4 is 6.03 Å². The zero-order valence-corrected chi connectivity index (χ0v) is 14.4. The highest BCUT2D eigenvalue weighted by atomic mass is 19.1. The van der Waals surface area contributed by atoms with Gasteiger partial charge in [-0.1, -0.05) is 12.1 Å². The molecule has 2 atom stereocenters. The SMILES string of the molecule is N#CC1CCN(C(=O)N2[C@@H]3CC[C@@H]2CC(c2ccc(F)cc2)C3)CC1. The summed E-state index contributed by atoms with van der Waals surface area (Å²) in [6.07, 6.45) is 5.68. The summed E-state index contributed by atoms with van der Waals surface area (Å²) < 4.78 is 13.2. The summed E-state index contributed by atoms with van der Waals surface area (Å²) in [5.41, 5.74) is 1.19. The number of rotatable bonds is 1. The summed E-state index contributed by atoms with van der Waals surface area (Å²) in [5.74, 6) is 0.330. The fraction of sp³-hybridized carbons (Fsp3) is 0.600. The van der Waals surface area contributed by atoms with E-state index in [0.29, 0.717) is 31.1 Å². The van der Waals surface area contributed by atoms with Crippen molar-refractivity contribution in [2.24, 2.45) is 5.92 Å². The van der Waals surface area contributed by atoms with Crippen LogP contribution in [0.25, 0.3) is 0 Å². The predicted molar refractivity (Wildman–Crippen MR) is 92.3 cm³/mol. The molecule has 3 aliphatic heterocycles. The minimum Gasteiger partial charge on any atom is -0.325 e. The molecule has 0 N–H and O–H groups in total. The topological polar surface area (TPSA) is 47.3 Å². The van der Waals surface area contributed by atoms with Crippen LogP contribution < -0.4 is 0 Å². The number of piperidine rings is 2. The van der Waals surface area contributed by atoms with Gasteiger partial charge in [0.25, 0.3) is 0 Å². The highest BCUT2D eigenvalue weighted by Crippen LogP contribution is 2.43. The first-order valence-corrected chi connectivity index (χ1v) is 9.38. The molecule has 3 fully saturated rings. The van der Waals surface area contributed by atoms with Crippen LogP contribution in [0.5, 0.6) is 0 Å². The van der Waals surface area contributed by atoms with E-state index in [2.05, 4.69) is 11.0 Å². The zero-order chi connectivity index (χ0) is 17.4. The summed E-state index contributed by atoms with van der Waals surface area (Å²) in [4.78, 5) is 17.1. The van der Waals surface area contributed by atoms with Crippen molar-refractivity contribution in [2.75, 3.05) is 13.1 Å². The molecule has 3 saturated heterocycles. The second-order valence-corrected chi connectivity index (χ2v) is 7.69. The molecule has 3 heterocycles. The molecule has 1 aromatic rings. The van der Waals surface area contributed by atoms with Crippen LogP contribution >= 0.6 is 0 Å². The number of urea groups is 1. The standard InChI is InChI=1S/C20H24FN3O/c21-17-3-1-15(2-4-17)16-11-18-5-6-19(12-16)24(18)20(25)23-9-7-14(13-22)8-10-23/h1-4,14,16,18-19H,5-12H2/t18-,19-/m1/s1. The Morgan fingerprint density at radius 1 is 1.04 bits per heavy atom. The van der Waals surface area contributed by atoms with Crippen molar-refractivity contribution in [3.8, 4) is 6.07 Å². The number of fused-ring (bicyclic) bond motifs is 2. The second kappa shape index (κ2) is 6.67. The molecular weight excluding hydrogens is 317 g/mol. The quantitative estimate of drug-likeness (QED) is 0.778. The van der Waals surface area contributed by atoms with Crippen LogP contribution in [0, 0.1) is 23.1 Å². The van der Waals surface area contributed by atoms with Crippen LogP contribution in [-0.4, -0.2) is 41.0 Å². The number of hydrogen-bond donors (Lipinski definition) is 0. The first-order chi connectivity index (χ1) is 12.2. The molecular formula is C20H24FN3O. The van der Waals surface area contributed by atoms with Gasteiger partial charge in [0.15, 0.2) is 0 Å². The molecule has 0 saturated carbocycles. The van der Waals surface area contributed by atoms with Crippen molar-refractivity contribution < 1.29 is 9.18 Å². The van der Waals surface area contributed by atoms with Crippen LogP contribution in [0.3, 0.4) is 0 Å². The smallest absolute Gasteiger partial charge is 0.320 e. The average molecular weight is 341 g/mol. The van der Waals surface area contributed by atoms with Crippen LogP contribution in [0.4, 0.5) is 9.18 Å². The molecule has 0 aliphatic carbocycles. The van der Waals surface area contributed by atoms with Gasteiger partial charge in [0, 0.05) is 31.1 Å². The molecule has 25 heavy (non-hydrogen) atoms. The lowest BCUT2D eigenvalue weighted by atomic mass is 9.85. The van der Waals surface area contributed by atoms with Gasteiger partial charge in [0.05, 0.1) is 6.07 Å². The van der Waals surface area contributed by atoms with Crippen molar-refractivity contribution in [3.05, 3.63) is 35.6 Å². The predicted octanol–water partition coefficient (Wildman–Crippen LogP) is 3.89. The maximum atomic E-state index is 13.2. The molecule has 0 radical (unpaired) electrons. The first kappa shape index (κ1) is 16.4. The van der Waals surface area contributed by atoms with Gasteiger partial charge in [0.1, 0.15) is 5.82 Å². The number of nitriles is 1. The molecule has 2 bridgehead atoms. The van der Waals surface area contributed by atoms with Crippen LogP contribution in [-0.2, 0) is 0 Å². The number of carbonyl (C=O) groups excluding carboxylic acids is 1. The molecule has 0 aromatic heterocycles. The lowest BCUT2D eigenvalue weighted by Gasteiger charge is -2.42. The average Bonchev–Trinajstić information content (AvgIpc) is 2.91. The number of benzene rings is 1. The van der Waals surface area contributed by atoms with E-state index in [9.17, 15) is 9.18 Å². The maximum absolute atomic E-state index is 13.2. The Bertz CT molecular complexity index is 661.